The quantitative estimate of drug-likeness (QED) is 0.124. The number of carbonyl (C=O) groups is 3. The largest absolute Gasteiger partial charge is 0.496 e. The van der Waals surface area contributed by atoms with Gasteiger partial charge in [-0.15, -0.1) is 0 Å². The normalized spacial score (nSPS) is 18.7. The van der Waals surface area contributed by atoms with Gasteiger partial charge in [-0.3, -0.25) is 0 Å². The summed E-state index contributed by atoms with van der Waals surface area (Å²) < 4.78 is 35.9. The highest BCUT2D eigenvalue weighted by Gasteiger charge is 2.51. The van der Waals surface area contributed by atoms with Crippen molar-refractivity contribution in [3.8, 4) is 11.5 Å². The summed E-state index contributed by atoms with van der Waals surface area (Å²) in [6.45, 7) is -0.290. The van der Waals surface area contributed by atoms with Crippen LogP contribution < -0.4 is 9.47 Å². The Morgan fingerprint density at radius 1 is 0.574 bits per heavy atom. The Hall–Kier alpha value is -5.67. The van der Waals surface area contributed by atoms with E-state index in [1.54, 1.807) is 123 Å². The average Bonchev–Trinajstić information content (AvgIpc) is 3.46. The van der Waals surface area contributed by atoms with E-state index in [2.05, 4.69) is 0 Å². The molecule has 0 spiro atoms. The molecule has 9 heteroatoms. The van der Waals surface area contributed by atoms with Gasteiger partial charge in [-0.2, -0.15) is 0 Å². The highest BCUT2D eigenvalue weighted by molar-refractivity contribution is 5.96. The highest BCUT2D eigenvalue weighted by atomic mass is 16.6. The maximum Gasteiger partial charge on any atom is 0.338 e. The third kappa shape index (κ3) is 6.66. The van der Waals surface area contributed by atoms with Gasteiger partial charge in [0.05, 0.1) is 30.9 Å². The molecule has 238 valence electrons. The molecule has 0 aliphatic carbocycles. The first-order valence-corrected chi connectivity index (χ1v) is 15.0. The molecule has 0 unspecified atom stereocenters. The van der Waals surface area contributed by atoms with Gasteiger partial charge in [0.2, 0.25) is 0 Å². The molecular formula is C38H32O9. The first kappa shape index (κ1) is 31.3. The van der Waals surface area contributed by atoms with Crippen molar-refractivity contribution in [1.29, 1.82) is 0 Å². The van der Waals surface area contributed by atoms with Crippen LogP contribution in [0.2, 0.25) is 0 Å². The van der Waals surface area contributed by atoms with Crippen molar-refractivity contribution in [1.82, 2.24) is 0 Å². The van der Waals surface area contributed by atoms with Gasteiger partial charge in [-0.1, -0.05) is 72.8 Å². The molecule has 4 atom stereocenters. The number of rotatable bonds is 10. The molecule has 0 N–H and O–H groups in total. The van der Waals surface area contributed by atoms with E-state index in [-0.39, 0.29) is 6.61 Å². The SMILES string of the molecule is COc1ccc([C@@H]2O[C@H](COC(=O)c3ccccc3)[C@@H](OC(=O)c3ccccc3)[C@H]2OC(=O)c2ccccc2)c2c(OC)cccc12. The van der Waals surface area contributed by atoms with E-state index in [9.17, 15) is 14.4 Å². The second kappa shape index (κ2) is 14.2. The Kier molecular flexibility index (Phi) is 9.45. The fraction of sp³-hybridized carbons (Fsp3) is 0.184. The van der Waals surface area contributed by atoms with Gasteiger partial charge in [-0.05, 0) is 54.1 Å². The fourth-order valence-corrected chi connectivity index (χ4v) is 5.69. The van der Waals surface area contributed by atoms with Gasteiger partial charge in [0.15, 0.2) is 12.2 Å². The van der Waals surface area contributed by atoms with Gasteiger partial charge in [-0.25, -0.2) is 14.4 Å². The van der Waals surface area contributed by atoms with Crippen LogP contribution in [-0.2, 0) is 18.9 Å². The first-order chi connectivity index (χ1) is 23.0. The monoisotopic (exact) mass is 632 g/mol. The van der Waals surface area contributed by atoms with E-state index in [0.717, 1.165) is 5.39 Å². The van der Waals surface area contributed by atoms with Crippen LogP contribution in [-0.4, -0.2) is 57.0 Å². The van der Waals surface area contributed by atoms with Crippen LogP contribution in [0.15, 0.2) is 121 Å². The van der Waals surface area contributed by atoms with Gasteiger partial charge in [0.1, 0.15) is 30.3 Å². The lowest BCUT2D eigenvalue weighted by atomic mass is 9.94. The number of methoxy groups -OCH3 is 2. The van der Waals surface area contributed by atoms with Crippen LogP contribution in [0.4, 0.5) is 0 Å². The lowest BCUT2D eigenvalue weighted by Crippen LogP contribution is -2.40. The molecule has 1 aliphatic rings. The standard InChI is InChI=1S/C38H32O9/c1-42-29-22-21-28(32-27(29)19-12-20-30(32)43-2)33-35(47-38(41)26-17-10-5-11-18-26)34(46-37(40)25-15-8-4-9-16-25)31(45-33)23-44-36(39)24-13-6-3-7-14-24/h3-22,31,33-35H,23H2,1-2H3/t31-,33+,34-,35+/m1/s1. The van der Waals surface area contributed by atoms with E-state index in [1.165, 1.54) is 0 Å². The second-order valence-corrected chi connectivity index (χ2v) is 10.8. The zero-order chi connectivity index (χ0) is 32.8. The predicted molar refractivity (Wildman–Crippen MR) is 173 cm³/mol. The number of esters is 3. The number of hydrogen-bond donors (Lipinski definition) is 0. The maximum absolute atomic E-state index is 13.6. The van der Waals surface area contributed by atoms with Crippen LogP contribution in [0.5, 0.6) is 11.5 Å². The van der Waals surface area contributed by atoms with Crippen molar-refractivity contribution in [3.63, 3.8) is 0 Å². The highest BCUT2D eigenvalue weighted by Crippen LogP contribution is 2.45. The first-order valence-electron chi connectivity index (χ1n) is 15.0. The van der Waals surface area contributed by atoms with E-state index < -0.39 is 42.3 Å². The lowest BCUT2D eigenvalue weighted by molar-refractivity contribution is -0.0449. The van der Waals surface area contributed by atoms with Crippen LogP contribution in [0.3, 0.4) is 0 Å². The molecule has 1 heterocycles. The van der Waals surface area contributed by atoms with E-state index in [0.29, 0.717) is 39.1 Å². The van der Waals surface area contributed by atoms with E-state index in [1.807, 2.05) is 12.1 Å². The van der Waals surface area contributed by atoms with Crippen LogP contribution in [0.1, 0.15) is 42.7 Å². The molecule has 0 radical (unpaired) electrons. The number of benzene rings is 5. The Morgan fingerprint density at radius 2 is 1.11 bits per heavy atom. The van der Waals surface area contributed by atoms with Crippen molar-refractivity contribution >= 4 is 28.7 Å². The van der Waals surface area contributed by atoms with Gasteiger partial charge >= 0.3 is 17.9 Å². The van der Waals surface area contributed by atoms with E-state index >= 15 is 0 Å². The second-order valence-electron chi connectivity index (χ2n) is 10.8. The summed E-state index contributed by atoms with van der Waals surface area (Å²) in [6.07, 6.45) is -4.31. The molecule has 1 fully saturated rings. The molecule has 0 amide bonds. The van der Waals surface area contributed by atoms with Crippen molar-refractivity contribution in [3.05, 3.63) is 144 Å². The van der Waals surface area contributed by atoms with Crippen LogP contribution >= 0.6 is 0 Å². The summed E-state index contributed by atoms with van der Waals surface area (Å²) in [5.41, 5.74) is 1.54. The minimum atomic E-state index is -1.17. The molecule has 0 bridgehead atoms. The summed E-state index contributed by atoms with van der Waals surface area (Å²) >= 11 is 0. The topological polar surface area (TPSA) is 107 Å². The summed E-state index contributed by atoms with van der Waals surface area (Å²) in [5.74, 6) is -0.752. The third-order valence-electron chi connectivity index (χ3n) is 7.94. The average molecular weight is 633 g/mol. The maximum atomic E-state index is 13.6. The Bertz CT molecular complexity index is 1860. The third-order valence-corrected chi connectivity index (χ3v) is 7.94. The molecule has 5 aromatic rings. The Balaban J connectivity index is 1.44. The molecule has 47 heavy (non-hydrogen) atoms. The van der Waals surface area contributed by atoms with Crippen LogP contribution in [0.25, 0.3) is 10.8 Å². The number of hydrogen-bond acceptors (Lipinski definition) is 9. The molecule has 9 nitrogen and oxygen atoms in total. The van der Waals surface area contributed by atoms with Crippen molar-refractivity contribution in [2.24, 2.45) is 0 Å². The number of ether oxygens (including phenoxy) is 6. The Labute approximate surface area is 271 Å². The van der Waals surface area contributed by atoms with Crippen molar-refractivity contribution in [2.45, 2.75) is 24.4 Å². The summed E-state index contributed by atoms with van der Waals surface area (Å²) in [5, 5.41) is 1.40. The molecule has 6 rings (SSSR count). The van der Waals surface area contributed by atoms with Gasteiger partial charge in [0.25, 0.3) is 0 Å². The summed E-state index contributed by atoms with van der Waals surface area (Å²) in [4.78, 5) is 40.0. The fourth-order valence-electron chi connectivity index (χ4n) is 5.69. The number of carbonyl (C=O) groups excluding carboxylic acids is 3. The smallest absolute Gasteiger partial charge is 0.338 e. The molecule has 0 aromatic heterocycles. The summed E-state index contributed by atoms with van der Waals surface area (Å²) in [6, 6.07) is 34.5. The minimum Gasteiger partial charge on any atom is -0.496 e. The van der Waals surface area contributed by atoms with Crippen LogP contribution in [0, 0.1) is 0 Å². The van der Waals surface area contributed by atoms with Crippen molar-refractivity contribution in [2.75, 3.05) is 20.8 Å². The lowest BCUT2D eigenvalue weighted by Gasteiger charge is -2.25. The van der Waals surface area contributed by atoms with E-state index in [4.69, 9.17) is 28.4 Å². The molecule has 5 aromatic carbocycles. The molecule has 0 saturated carbocycles. The molecule has 1 aliphatic heterocycles. The molecule has 1 saturated heterocycles. The number of fused-ring (bicyclic) bond motifs is 1. The zero-order valence-electron chi connectivity index (χ0n) is 25.7. The van der Waals surface area contributed by atoms with Crippen molar-refractivity contribution < 1.29 is 42.8 Å². The summed E-state index contributed by atoms with van der Waals surface area (Å²) in [7, 11) is 3.12. The Morgan fingerprint density at radius 3 is 1.66 bits per heavy atom. The predicted octanol–water partition coefficient (Wildman–Crippen LogP) is 6.61. The van der Waals surface area contributed by atoms with Gasteiger partial charge in [0, 0.05) is 10.8 Å². The van der Waals surface area contributed by atoms with Gasteiger partial charge < -0.3 is 28.4 Å². The minimum absolute atomic E-state index is 0.290. The molecular weight excluding hydrogens is 600 g/mol. The zero-order valence-corrected chi connectivity index (χ0v) is 25.7.